The molecule has 0 radical (unpaired) electrons. The van der Waals surface area contributed by atoms with Crippen molar-refractivity contribution in [3.8, 4) is 11.5 Å². The van der Waals surface area contributed by atoms with E-state index in [1.54, 1.807) is 34.9 Å². The third kappa shape index (κ3) is 17.0. The van der Waals surface area contributed by atoms with Crippen LogP contribution in [0.2, 0.25) is 20.1 Å². The number of ether oxygens (including phenoxy) is 4. The maximum Gasteiger partial charge on any atom is 0.314 e. The van der Waals surface area contributed by atoms with Crippen molar-refractivity contribution in [2.24, 2.45) is 0 Å². The summed E-state index contributed by atoms with van der Waals surface area (Å²) in [6.07, 6.45) is 3.12. The van der Waals surface area contributed by atoms with Gasteiger partial charge in [-0.1, -0.05) is 46.4 Å². The van der Waals surface area contributed by atoms with Crippen LogP contribution in [0.4, 0.5) is 9.59 Å². The lowest BCUT2D eigenvalue weighted by atomic mass is 10.1. The fourth-order valence-corrected chi connectivity index (χ4v) is 14.1. The van der Waals surface area contributed by atoms with Crippen molar-refractivity contribution in [3.63, 3.8) is 0 Å². The molecule has 2 aliphatic heterocycles. The number of likely N-dealkylation sites (N-methyl/N-ethyl adjacent to an activating group) is 2. The fraction of sp³-hybridized carbons (Fsp3) is 0.517. The molecule has 458 valence electrons. The minimum atomic E-state index is -4.04. The molecule has 20 nitrogen and oxygen atoms in total. The van der Waals surface area contributed by atoms with Crippen molar-refractivity contribution in [1.82, 2.24) is 50.3 Å². The molecule has 4 aromatic carbocycles. The third-order valence-corrected chi connectivity index (χ3v) is 18.9. The van der Waals surface area contributed by atoms with Crippen LogP contribution in [0, 0.1) is 13.8 Å². The quantitative estimate of drug-likeness (QED) is 0.0232. The van der Waals surface area contributed by atoms with E-state index in [0.29, 0.717) is 116 Å². The number of amides is 6. The number of unbranched alkanes of at least 4 members (excludes halogenated alkanes) is 1. The highest BCUT2D eigenvalue weighted by molar-refractivity contribution is 7.97. The van der Waals surface area contributed by atoms with Gasteiger partial charge in [-0.2, -0.15) is 4.72 Å². The lowest BCUT2D eigenvalue weighted by Gasteiger charge is -2.28. The van der Waals surface area contributed by atoms with E-state index in [9.17, 15) is 27.6 Å². The van der Waals surface area contributed by atoms with Crippen LogP contribution < -0.4 is 40.2 Å². The Morgan fingerprint density at radius 3 is 1.57 bits per heavy atom. The Kier molecular flexibility index (Phi) is 23.4. The van der Waals surface area contributed by atoms with Gasteiger partial charge in [0.05, 0.1) is 49.4 Å². The average molecular weight is 1280 g/mol. The Hall–Kier alpha value is -4.82. The van der Waals surface area contributed by atoms with Gasteiger partial charge in [-0.15, -0.1) is 0 Å². The topological polar surface area (TPSA) is 224 Å². The van der Waals surface area contributed by atoms with Crippen LogP contribution in [0.3, 0.4) is 0 Å². The van der Waals surface area contributed by atoms with Crippen molar-refractivity contribution < 1.29 is 46.5 Å². The number of nitrogens with one attached hydrogen (secondary N) is 6. The fourth-order valence-electron chi connectivity index (χ4n) is 10.8. The molecule has 0 saturated carbocycles. The van der Waals surface area contributed by atoms with E-state index in [1.807, 2.05) is 65.4 Å². The van der Waals surface area contributed by atoms with Crippen LogP contribution in [-0.2, 0) is 41.9 Å². The molecule has 6 N–H and O–H groups in total. The molecule has 4 aromatic rings. The zero-order valence-electron chi connectivity index (χ0n) is 48.2. The van der Waals surface area contributed by atoms with E-state index >= 15 is 0 Å². The Morgan fingerprint density at radius 2 is 1.08 bits per heavy atom. The number of hydrogen-bond donors (Lipinski definition) is 6. The number of fused-ring (bicyclic) bond motifs is 2. The normalized spacial score (nSPS) is 20.2. The van der Waals surface area contributed by atoms with Crippen LogP contribution in [0.1, 0.15) is 71.3 Å². The lowest BCUT2D eigenvalue weighted by Crippen LogP contribution is -2.42. The molecule has 0 spiro atoms. The first kappa shape index (κ1) is 65.2. The lowest BCUT2D eigenvalue weighted by molar-refractivity contribution is -0.130. The van der Waals surface area contributed by atoms with Crippen LogP contribution in [-0.4, -0.2) is 183 Å². The largest absolute Gasteiger partial charge is 0.484 e. The molecule has 2 aliphatic carbocycles. The van der Waals surface area contributed by atoms with Crippen molar-refractivity contribution in [1.29, 1.82) is 0 Å². The zero-order valence-corrected chi connectivity index (χ0v) is 52.8. The number of hydrogen-bond acceptors (Lipinski definition) is 14. The maximum absolute atomic E-state index is 13.5. The van der Waals surface area contributed by atoms with E-state index in [2.05, 4.69) is 40.5 Å². The molecule has 2 heterocycles. The van der Waals surface area contributed by atoms with Gasteiger partial charge in [0.25, 0.3) is 0 Å². The Morgan fingerprint density at radius 1 is 0.619 bits per heavy atom. The second-order valence-electron chi connectivity index (χ2n) is 21.8. The molecule has 6 atom stereocenters. The predicted octanol–water partition coefficient (Wildman–Crippen LogP) is 7.32. The van der Waals surface area contributed by atoms with Gasteiger partial charge in [-0.05, 0) is 175 Å². The summed E-state index contributed by atoms with van der Waals surface area (Å²) in [6.45, 7) is 7.95. The van der Waals surface area contributed by atoms with Gasteiger partial charge in [0, 0.05) is 88.5 Å². The third-order valence-electron chi connectivity index (χ3n) is 15.4. The van der Waals surface area contributed by atoms with Crippen molar-refractivity contribution in [3.05, 3.63) is 114 Å². The van der Waals surface area contributed by atoms with Crippen LogP contribution in [0.5, 0.6) is 11.5 Å². The summed E-state index contributed by atoms with van der Waals surface area (Å²) in [6, 6.07) is 16.1. The first-order valence-electron chi connectivity index (χ1n) is 28.2. The zero-order chi connectivity index (χ0) is 60.2. The highest BCUT2D eigenvalue weighted by atomic mass is 35.5. The highest BCUT2D eigenvalue weighted by Gasteiger charge is 2.40. The molecule has 84 heavy (non-hydrogen) atoms. The van der Waals surface area contributed by atoms with Gasteiger partial charge >= 0.3 is 12.1 Å². The number of aryl methyl sites for hydroxylation is 2. The van der Waals surface area contributed by atoms with Crippen molar-refractivity contribution in [2.45, 2.75) is 98.5 Å². The molecule has 4 aliphatic rings. The Bertz CT molecular complexity index is 3110. The molecule has 0 aromatic heterocycles. The molecule has 6 amide bonds. The summed E-state index contributed by atoms with van der Waals surface area (Å²) in [4.78, 5) is 59.5. The number of carbonyl (C=O) groups is 4. The molecular weight excluding hydrogens is 1200 g/mol. The van der Waals surface area contributed by atoms with Gasteiger partial charge in [-0.25, -0.2) is 22.7 Å². The van der Waals surface area contributed by atoms with E-state index in [-0.39, 0.29) is 85.4 Å². The van der Waals surface area contributed by atoms with Gasteiger partial charge in [-0.3, -0.25) is 9.59 Å². The Labute approximate surface area is 517 Å². The van der Waals surface area contributed by atoms with Crippen LogP contribution in [0.25, 0.3) is 0 Å². The SMILES string of the molecule is Cc1cc(SN[C@H]2CCN(CCOCCNC(=O)NCCCCNC(=O)NCCOCCN3CC[C@H](NS(=O)(=O)c4ccc(O[C@H]5c6cc(Cl)cc(Cl)c6C[C@@H]5N(C)C)c(C)c4)C3=O)C2=O)ccc1O[C@H]1c2cc(Cl)cc(Cl)c2C[C@@H]1N(C)C. The van der Waals surface area contributed by atoms with E-state index in [0.717, 1.165) is 44.9 Å². The average Bonchev–Trinajstić information content (AvgIpc) is 3.19. The minimum Gasteiger partial charge on any atom is -0.484 e. The maximum atomic E-state index is 13.5. The first-order chi connectivity index (χ1) is 40.2. The Balaban J connectivity index is 0.611. The van der Waals surface area contributed by atoms with Crippen molar-refractivity contribution >= 4 is 92.3 Å². The van der Waals surface area contributed by atoms with Gasteiger partial charge < -0.3 is 59.8 Å². The molecule has 0 bridgehead atoms. The molecule has 26 heteroatoms. The number of likely N-dealkylation sites (tertiary alicyclic amines) is 2. The number of rotatable bonds is 29. The number of sulfonamides is 1. The number of nitrogens with zero attached hydrogens (tertiary/aromatic N) is 4. The van der Waals surface area contributed by atoms with E-state index in [4.69, 9.17) is 65.4 Å². The second-order valence-corrected chi connectivity index (χ2v) is 26.1. The number of halogens is 4. The highest BCUT2D eigenvalue weighted by Crippen LogP contribution is 2.44. The van der Waals surface area contributed by atoms with E-state index < -0.39 is 16.1 Å². The van der Waals surface area contributed by atoms with Crippen molar-refractivity contribution in [2.75, 3.05) is 107 Å². The summed E-state index contributed by atoms with van der Waals surface area (Å²) in [5.41, 5.74) is 5.53. The van der Waals surface area contributed by atoms with E-state index in [1.165, 1.54) is 24.1 Å². The predicted molar refractivity (Wildman–Crippen MR) is 327 cm³/mol. The molecule has 2 fully saturated rings. The summed E-state index contributed by atoms with van der Waals surface area (Å²) in [5, 5.41) is 13.4. The summed E-state index contributed by atoms with van der Waals surface area (Å²) < 4.78 is 57.4. The molecule has 0 unspecified atom stereocenters. The van der Waals surface area contributed by atoms with Gasteiger partial charge in [0.15, 0.2) is 0 Å². The smallest absolute Gasteiger partial charge is 0.314 e. The standard InChI is InChI=1S/C58H76Cl4N10O10S2/c1-35-27-39(9-11-51(35)81-53-43-29-37(59)31-45(61)41(43)33-49(53)69(3)4)83-67-47-13-19-71(55(47)73)21-25-79-23-17-65-57(75)63-15-7-8-16-64-58(76)66-18-24-80-26-22-72-20-14-48(56(72)74)68-84(77,78)40-10-12-52(36(2)28-40)82-54-44-30-38(60)32-46(62)42(44)34-50(54)70(5)6/h9-12,27-32,47-50,53-54,67-68H,7-8,13-26,33-34H2,1-6H3,(H2,63,65,75)(H2,64,66,76)/t47-,48-,49-,50-,53-,54-/m0/s1. The summed E-state index contributed by atoms with van der Waals surface area (Å²) in [5.74, 6) is 0.985. The minimum absolute atomic E-state index is 0.0150. The monoisotopic (exact) mass is 1280 g/mol. The molecule has 2 saturated heterocycles. The number of benzene rings is 4. The van der Waals surface area contributed by atoms with Crippen LogP contribution in [0.15, 0.2) is 70.5 Å². The summed E-state index contributed by atoms with van der Waals surface area (Å²) in [7, 11) is 3.97. The summed E-state index contributed by atoms with van der Waals surface area (Å²) >= 11 is 27.3. The van der Waals surface area contributed by atoms with Gasteiger partial charge in [0.1, 0.15) is 29.7 Å². The first-order valence-corrected chi connectivity index (χ1v) is 32.0. The van der Waals surface area contributed by atoms with Crippen LogP contribution >= 0.6 is 58.4 Å². The second kappa shape index (κ2) is 30.2. The van der Waals surface area contributed by atoms with Gasteiger partial charge in [0.2, 0.25) is 21.8 Å². The number of urea groups is 2. The molecular formula is C58H76Cl4N10O10S2. The number of carbonyl (C=O) groups excluding carboxylic acids is 4. The molecule has 8 rings (SSSR count).